The lowest BCUT2D eigenvalue weighted by molar-refractivity contribution is 0.160. The number of hydrogen-bond donors (Lipinski definition) is 2. The number of nitrogens with zero attached hydrogens (tertiary/aromatic N) is 5. The third-order valence-electron chi connectivity index (χ3n) is 5.72. The monoisotopic (exact) mass is 452 g/mol. The van der Waals surface area contributed by atoms with Gasteiger partial charge in [0.2, 0.25) is 5.95 Å². The molecule has 2 aromatic rings. The molecule has 0 bridgehead atoms. The van der Waals surface area contributed by atoms with Crippen molar-refractivity contribution in [1.29, 1.82) is 0 Å². The maximum Gasteiger partial charge on any atom is 0.245 e. The summed E-state index contributed by atoms with van der Waals surface area (Å²) >= 11 is 0. The lowest BCUT2D eigenvalue weighted by Gasteiger charge is -2.48. The zero-order chi connectivity index (χ0) is 24.8. The van der Waals surface area contributed by atoms with Crippen molar-refractivity contribution in [2.24, 2.45) is 4.99 Å². The van der Waals surface area contributed by atoms with Crippen LogP contribution in [0.2, 0.25) is 0 Å². The van der Waals surface area contributed by atoms with Gasteiger partial charge >= 0.3 is 0 Å². The van der Waals surface area contributed by atoms with Crippen molar-refractivity contribution in [3.63, 3.8) is 0 Å². The highest BCUT2D eigenvalue weighted by Crippen LogP contribution is 2.33. The molecule has 7 heteroatoms. The van der Waals surface area contributed by atoms with Crippen LogP contribution in [-0.4, -0.2) is 57.2 Å². The van der Waals surface area contributed by atoms with Crippen LogP contribution in [0.3, 0.4) is 0 Å². The first-order valence-corrected chi connectivity index (χ1v) is 11.7. The Morgan fingerprint density at radius 1 is 1.15 bits per heavy atom. The molecule has 2 N–H and O–H groups in total. The third-order valence-corrected chi connectivity index (χ3v) is 5.72. The Hall–Kier alpha value is -2.80. The molecule has 1 aromatic carbocycles. The highest BCUT2D eigenvalue weighted by Gasteiger charge is 2.39. The van der Waals surface area contributed by atoms with Gasteiger partial charge in [0, 0.05) is 42.3 Å². The largest absolute Gasteiger partial charge is 0.507 e. The fraction of sp³-hybridized carbons (Fsp3) is 0.538. The van der Waals surface area contributed by atoms with Gasteiger partial charge in [-0.25, -0.2) is 4.98 Å². The van der Waals surface area contributed by atoms with Crippen molar-refractivity contribution in [2.75, 3.05) is 19.0 Å². The molecule has 0 unspecified atom stereocenters. The van der Waals surface area contributed by atoms with Crippen LogP contribution in [0.15, 0.2) is 41.5 Å². The van der Waals surface area contributed by atoms with Crippen molar-refractivity contribution in [3.8, 4) is 17.0 Å². The molecule has 1 aliphatic heterocycles. The van der Waals surface area contributed by atoms with Crippen LogP contribution in [-0.2, 0) is 0 Å². The van der Waals surface area contributed by atoms with Gasteiger partial charge in [-0.1, -0.05) is 26.0 Å². The molecule has 180 valence electrons. The lowest BCUT2D eigenvalue weighted by atomic mass is 9.79. The second kappa shape index (κ2) is 10.9. The van der Waals surface area contributed by atoms with Crippen molar-refractivity contribution in [2.45, 2.75) is 78.4 Å². The Bertz CT molecular complexity index is 963. The van der Waals surface area contributed by atoms with E-state index in [9.17, 15) is 5.11 Å². The molecule has 0 atom stereocenters. The molecule has 1 saturated heterocycles. The normalized spacial score (nSPS) is 18.0. The average Bonchev–Trinajstić information content (AvgIpc) is 2.76. The van der Waals surface area contributed by atoms with Crippen LogP contribution < -0.4 is 10.2 Å². The molecule has 1 fully saturated rings. The smallest absolute Gasteiger partial charge is 0.245 e. The predicted molar refractivity (Wildman–Crippen MR) is 138 cm³/mol. The molecule has 0 spiro atoms. The van der Waals surface area contributed by atoms with E-state index in [1.807, 2.05) is 52.1 Å². The molecular formula is C26H40N6O. The fourth-order valence-electron chi connectivity index (χ4n) is 4.62. The van der Waals surface area contributed by atoms with Crippen molar-refractivity contribution in [3.05, 3.63) is 42.1 Å². The van der Waals surface area contributed by atoms with E-state index in [0.717, 1.165) is 24.1 Å². The summed E-state index contributed by atoms with van der Waals surface area (Å²) in [6, 6.07) is 5.74. The van der Waals surface area contributed by atoms with Gasteiger partial charge in [-0.2, -0.15) is 0 Å². The first-order chi connectivity index (χ1) is 15.5. The zero-order valence-electron chi connectivity index (χ0n) is 21.6. The molecular weight excluding hydrogens is 412 g/mol. The summed E-state index contributed by atoms with van der Waals surface area (Å²) in [5.74, 6) is 0.717. The minimum atomic E-state index is 0.0369. The molecule has 1 aromatic heterocycles. The Labute approximate surface area is 199 Å². The van der Waals surface area contributed by atoms with E-state index in [-0.39, 0.29) is 16.8 Å². The number of nitrogens with one attached hydrogen (secondary N) is 1. The number of piperidine rings is 1. The molecule has 7 nitrogen and oxygen atoms in total. The molecule has 1 aliphatic rings. The standard InChI is InChI=1S/C24H34N6O.C2H6/c1-8-9-19(25-6)16-10-11-18(21(31)12-16)20-15-26-22(28-27-20)30(7)17-13-23(2,3)29-24(4,5)14-17;1-2/h8-12,15,17,29,31H,13-14H2,1-7H3;1-2H3/b9-8-,25-19?;. The predicted octanol–water partition coefficient (Wildman–Crippen LogP) is 5.01. The van der Waals surface area contributed by atoms with Gasteiger partial charge in [0.15, 0.2) is 0 Å². The van der Waals surface area contributed by atoms with Gasteiger partial charge in [-0.05, 0) is 65.7 Å². The maximum absolute atomic E-state index is 10.6. The van der Waals surface area contributed by atoms with Crippen LogP contribution >= 0.6 is 0 Å². The number of allylic oxidation sites excluding steroid dienone is 2. The summed E-state index contributed by atoms with van der Waals surface area (Å²) in [5.41, 5.74) is 2.85. The Morgan fingerprint density at radius 2 is 1.79 bits per heavy atom. The number of phenols is 1. The summed E-state index contributed by atoms with van der Waals surface area (Å²) in [4.78, 5) is 10.9. The summed E-state index contributed by atoms with van der Waals surface area (Å²) in [7, 11) is 3.76. The molecule has 33 heavy (non-hydrogen) atoms. The highest BCUT2D eigenvalue weighted by atomic mass is 16.3. The molecule has 0 amide bonds. The minimum Gasteiger partial charge on any atom is -0.507 e. The summed E-state index contributed by atoms with van der Waals surface area (Å²) in [6.45, 7) is 14.9. The quantitative estimate of drug-likeness (QED) is 0.620. The minimum absolute atomic E-state index is 0.0369. The second-order valence-corrected chi connectivity index (χ2v) is 9.55. The SMILES string of the molecule is C/C=C\C(=NC)c1ccc(-c2cnc(N(C)C3CC(C)(C)NC(C)(C)C3)nn2)c(O)c1.CC. The van der Waals surface area contributed by atoms with Gasteiger partial charge in [0.1, 0.15) is 11.4 Å². The number of aromatic hydroxyl groups is 1. The van der Waals surface area contributed by atoms with Crippen molar-refractivity contribution >= 4 is 11.7 Å². The van der Waals surface area contributed by atoms with E-state index in [2.05, 4.69) is 58.1 Å². The van der Waals surface area contributed by atoms with E-state index < -0.39 is 0 Å². The number of aliphatic imine (C=N–C) groups is 1. The van der Waals surface area contributed by atoms with E-state index >= 15 is 0 Å². The number of rotatable bonds is 5. The van der Waals surface area contributed by atoms with Crippen molar-refractivity contribution in [1.82, 2.24) is 20.5 Å². The van der Waals surface area contributed by atoms with Crippen molar-refractivity contribution < 1.29 is 5.11 Å². The van der Waals surface area contributed by atoms with Crippen LogP contribution in [0.5, 0.6) is 5.75 Å². The third kappa shape index (κ3) is 6.60. The average molecular weight is 453 g/mol. The molecule has 0 radical (unpaired) electrons. The van der Waals surface area contributed by atoms with Crippen LogP contribution in [0.25, 0.3) is 11.3 Å². The van der Waals surface area contributed by atoms with Gasteiger partial charge in [-0.3, -0.25) is 4.99 Å². The number of anilines is 1. The number of phenolic OH excluding ortho intramolecular Hbond substituents is 1. The van der Waals surface area contributed by atoms with Crippen LogP contribution in [0, 0.1) is 0 Å². The fourth-order valence-corrected chi connectivity index (χ4v) is 4.62. The number of benzene rings is 1. The second-order valence-electron chi connectivity index (χ2n) is 9.55. The zero-order valence-corrected chi connectivity index (χ0v) is 21.6. The van der Waals surface area contributed by atoms with E-state index in [1.165, 1.54) is 0 Å². The van der Waals surface area contributed by atoms with E-state index in [4.69, 9.17) is 0 Å². The summed E-state index contributed by atoms with van der Waals surface area (Å²) < 4.78 is 0. The van der Waals surface area contributed by atoms with Crippen LogP contribution in [0.1, 0.15) is 66.9 Å². The Balaban J connectivity index is 0.00000187. The summed E-state index contributed by atoms with van der Waals surface area (Å²) in [5, 5.41) is 23.0. The topological polar surface area (TPSA) is 86.5 Å². The first-order valence-electron chi connectivity index (χ1n) is 11.7. The molecule has 0 aliphatic carbocycles. The summed E-state index contributed by atoms with van der Waals surface area (Å²) in [6.07, 6.45) is 7.49. The van der Waals surface area contributed by atoms with E-state index in [1.54, 1.807) is 19.3 Å². The van der Waals surface area contributed by atoms with Gasteiger partial charge in [-0.15, -0.1) is 10.2 Å². The Morgan fingerprint density at radius 3 is 2.27 bits per heavy atom. The van der Waals surface area contributed by atoms with Gasteiger partial charge in [0.25, 0.3) is 0 Å². The first kappa shape index (κ1) is 26.5. The maximum atomic E-state index is 10.6. The van der Waals surface area contributed by atoms with Gasteiger partial charge < -0.3 is 15.3 Å². The molecule has 2 heterocycles. The molecule has 0 saturated carbocycles. The van der Waals surface area contributed by atoms with E-state index in [0.29, 0.717) is 23.2 Å². The number of hydrogen-bond acceptors (Lipinski definition) is 7. The Kier molecular flexibility index (Phi) is 8.72. The lowest BCUT2D eigenvalue weighted by Crippen LogP contribution is -2.62. The highest BCUT2D eigenvalue weighted by molar-refractivity contribution is 6.09. The van der Waals surface area contributed by atoms with Gasteiger partial charge in [0.05, 0.1) is 11.9 Å². The number of aromatic nitrogens is 3. The molecule has 3 rings (SSSR count). The van der Waals surface area contributed by atoms with Crippen LogP contribution in [0.4, 0.5) is 5.95 Å².